The van der Waals surface area contributed by atoms with Crippen LogP contribution in [0.5, 0.6) is 0 Å². The van der Waals surface area contributed by atoms with Crippen molar-refractivity contribution in [2.45, 2.75) is 27.2 Å². The number of hydrogen-bond acceptors (Lipinski definition) is 3. The highest BCUT2D eigenvalue weighted by Crippen LogP contribution is 2.15. The lowest BCUT2D eigenvalue weighted by atomic mass is 9.93. The van der Waals surface area contributed by atoms with E-state index in [1.165, 1.54) is 0 Å². The van der Waals surface area contributed by atoms with Crippen LogP contribution in [0.15, 0.2) is 0 Å². The van der Waals surface area contributed by atoms with E-state index in [0.29, 0.717) is 6.54 Å². The molecular weight excluding hydrogens is 228 g/mol. The second kappa shape index (κ2) is 6.95. The highest BCUT2D eigenvalue weighted by atomic mass is 16.2. The summed E-state index contributed by atoms with van der Waals surface area (Å²) < 4.78 is 0. The summed E-state index contributed by atoms with van der Waals surface area (Å²) in [5.74, 6) is 0. The van der Waals surface area contributed by atoms with E-state index in [-0.39, 0.29) is 11.4 Å². The maximum Gasteiger partial charge on any atom is 0.317 e. The molecule has 0 aromatic heterocycles. The lowest BCUT2D eigenvalue weighted by Gasteiger charge is -2.32. The molecule has 106 valence electrons. The Morgan fingerprint density at radius 1 is 1.44 bits per heavy atom. The fourth-order valence-corrected chi connectivity index (χ4v) is 2.24. The van der Waals surface area contributed by atoms with Crippen LogP contribution in [0.4, 0.5) is 4.79 Å². The Kier molecular flexibility index (Phi) is 5.88. The van der Waals surface area contributed by atoms with Gasteiger partial charge in [-0.2, -0.15) is 0 Å². The minimum absolute atomic E-state index is 0.0736. The summed E-state index contributed by atoms with van der Waals surface area (Å²) in [6, 6.07) is 0.0736. The minimum Gasteiger partial charge on any atom is -0.336 e. The van der Waals surface area contributed by atoms with E-state index in [1.807, 2.05) is 4.90 Å². The van der Waals surface area contributed by atoms with E-state index in [4.69, 9.17) is 5.73 Å². The highest BCUT2D eigenvalue weighted by Gasteiger charge is 2.23. The monoisotopic (exact) mass is 256 g/mol. The van der Waals surface area contributed by atoms with E-state index in [9.17, 15) is 4.79 Å². The molecule has 18 heavy (non-hydrogen) atoms. The first-order chi connectivity index (χ1) is 8.48. The molecule has 0 atom stereocenters. The summed E-state index contributed by atoms with van der Waals surface area (Å²) in [6.45, 7) is 12.7. The largest absolute Gasteiger partial charge is 0.336 e. The molecule has 1 fully saturated rings. The normalized spacial score (nSPS) is 16.5. The van der Waals surface area contributed by atoms with Crippen molar-refractivity contribution in [3.05, 3.63) is 0 Å². The van der Waals surface area contributed by atoms with Crippen LogP contribution in [0, 0.1) is 5.41 Å². The van der Waals surface area contributed by atoms with Gasteiger partial charge in [0.05, 0.1) is 0 Å². The molecule has 1 saturated heterocycles. The molecule has 2 amide bonds. The number of carbonyl (C=O) groups excluding carboxylic acids is 1. The van der Waals surface area contributed by atoms with Gasteiger partial charge in [0.1, 0.15) is 0 Å². The molecule has 0 unspecified atom stereocenters. The van der Waals surface area contributed by atoms with Crippen LogP contribution in [-0.4, -0.2) is 61.6 Å². The van der Waals surface area contributed by atoms with Gasteiger partial charge in [-0.25, -0.2) is 4.79 Å². The van der Waals surface area contributed by atoms with Crippen molar-refractivity contribution in [2.24, 2.45) is 11.1 Å². The van der Waals surface area contributed by atoms with Crippen LogP contribution in [0.2, 0.25) is 0 Å². The fourth-order valence-electron chi connectivity index (χ4n) is 2.24. The Hall–Kier alpha value is -0.810. The fraction of sp³-hybridized carbons (Fsp3) is 0.923. The number of nitrogens with zero attached hydrogens (tertiary/aromatic N) is 2. The third-order valence-corrected chi connectivity index (χ3v) is 3.38. The number of nitrogens with two attached hydrogens (primary N) is 1. The van der Waals surface area contributed by atoms with Gasteiger partial charge in [0.15, 0.2) is 0 Å². The highest BCUT2D eigenvalue weighted by molar-refractivity contribution is 5.76. The van der Waals surface area contributed by atoms with Gasteiger partial charge >= 0.3 is 6.03 Å². The average molecular weight is 256 g/mol. The Morgan fingerprint density at radius 2 is 2.17 bits per heavy atom. The number of carbonyl (C=O) groups is 1. The first-order valence-corrected chi connectivity index (χ1v) is 6.93. The van der Waals surface area contributed by atoms with Gasteiger partial charge in [-0.05, 0) is 24.9 Å². The molecule has 0 aromatic rings. The van der Waals surface area contributed by atoms with Crippen LogP contribution in [0.1, 0.15) is 27.2 Å². The number of amides is 2. The van der Waals surface area contributed by atoms with Gasteiger partial charge in [0, 0.05) is 32.7 Å². The molecular formula is C13H28N4O. The molecule has 1 heterocycles. The van der Waals surface area contributed by atoms with E-state index in [1.54, 1.807) is 0 Å². The van der Waals surface area contributed by atoms with Crippen LogP contribution in [-0.2, 0) is 0 Å². The number of rotatable bonds is 8. The molecule has 1 rings (SSSR count). The topological polar surface area (TPSA) is 61.6 Å². The first-order valence-electron chi connectivity index (χ1n) is 6.93. The van der Waals surface area contributed by atoms with Crippen molar-refractivity contribution < 1.29 is 4.79 Å². The maximum absolute atomic E-state index is 11.5. The van der Waals surface area contributed by atoms with E-state index in [2.05, 4.69) is 31.0 Å². The van der Waals surface area contributed by atoms with Gasteiger partial charge < -0.3 is 20.9 Å². The predicted molar refractivity (Wildman–Crippen MR) is 74.5 cm³/mol. The summed E-state index contributed by atoms with van der Waals surface area (Å²) in [5, 5.41) is 2.83. The number of nitrogens with one attached hydrogen (secondary N) is 1. The lowest BCUT2D eigenvalue weighted by Crippen LogP contribution is -2.43. The summed E-state index contributed by atoms with van der Waals surface area (Å²) in [5.41, 5.74) is 5.93. The van der Waals surface area contributed by atoms with Gasteiger partial charge in [0.2, 0.25) is 0 Å². The Morgan fingerprint density at radius 3 is 2.67 bits per heavy atom. The zero-order valence-corrected chi connectivity index (χ0v) is 12.0. The molecule has 0 bridgehead atoms. The SMILES string of the molecule is CCCN(CCN1CCNC1=O)CC(C)(C)CN. The molecule has 1 aliphatic heterocycles. The summed E-state index contributed by atoms with van der Waals surface area (Å²) >= 11 is 0. The van der Waals surface area contributed by atoms with Crippen LogP contribution in [0.25, 0.3) is 0 Å². The van der Waals surface area contributed by atoms with Crippen LogP contribution in [0.3, 0.4) is 0 Å². The molecule has 5 heteroatoms. The summed E-state index contributed by atoms with van der Waals surface area (Å²) in [6.07, 6.45) is 1.13. The van der Waals surface area contributed by atoms with Gasteiger partial charge in [-0.1, -0.05) is 20.8 Å². The summed E-state index contributed by atoms with van der Waals surface area (Å²) in [7, 11) is 0. The van der Waals surface area contributed by atoms with Crippen molar-refractivity contribution in [1.29, 1.82) is 0 Å². The molecule has 5 nitrogen and oxygen atoms in total. The first kappa shape index (κ1) is 15.2. The van der Waals surface area contributed by atoms with Crippen LogP contribution < -0.4 is 11.1 Å². The molecule has 0 spiro atoms. The smallest absolute Gasteiger partial charge is 0.317 e. The quantitative estimate of drug-likeness (QED) is 0.672. The lowest BCUT2D eigenvalue weighted by molar-refractivity contribution is 0.164. The average Bonchev–Trinajstić information content (AvgIpc) is 2.72. The van der Waals surface area contributed by atoms with Crippen LogP contribution >= 0.6 is 0 Å². The Bertz CT molecular complexity index is 268. The van der Waals surface area contributed by atoms with E-state index in [0.717, 1.165) is 45.7 Å². The number of urea groups is 1. The molecule has 0 aromatic carbocycles. The maximum atomic E-state index is 11.5. The van der Waals surface area contributed by atoms with Gasteiger partial charge in [-0.3, -0.25) is 0 Å². The standard InChI is InChI=1S/C13H28N4O/c1-4-6-16(11-13(2,3)10-14)8-9-17-7-5-15-12(17)18/h4-11,14H2,1-3H3,(H,15,18). The van der Waals surface area contributed by atoms with Crippen molar-refractivity contribution in [1.82, 2.24) is 15.1 Å². The molecule has 0 radical (unpaired) electrons. The van der Waals surface area contributed by atoms with Crippen molar-refractivity contribution in [3.63, 3.8) is 0 Å². The minimum atomic E-state index is 0.0736. The van der Waals surface area contributed by atoms with Gasteiger partial charge in [-0.15, -0.1) is 0 Å². The van der Waals surface area contributed by atoms with Gasteiger partial charge in [0.25, 0.3) is 0 Å². The molecule has 1 aliphatic rings. The predicted octanol–water partition coefficient (Wildman–Crippen LogP) is 0.709. The Balaban J connectivity index is 2.39. The molecule has 3 N–H and O–H groups in total. The Labute approximate surface area is 111 Å². The van der Waals surface area contributed by atoms with Crippen molar-refractivity contribution in [2.75, 3.05) is 45.8 Å². The second-order valence-electron chi connectivity index (χ2n) is 5.86. The zero-order chi connectivity index (χ0) is 13.6. The number of hydrogen-bond donors (Lipinski definition) is 2. The van der Waals surface area contributed by atoms with E-state index >= 15 is 0 Å². The zero-order valence-electron chi connectivity index (χ0n) is 12.0. The van der Waals surface area contributed by atoms with Crippen molar-refractivity contribution >= 4 is 6.03 Å². The summed E-state index contributed by atoms with van der Waals surface area (Å²) in [4.78, 5) is 15.8. The third-order valence-electron chi connectivity index (χ3n) is 3.38. The molecule has 0 saturated carbocycles. The second-order valence-corrected chi connectivity index (χ2v) is 5.86. The van der Waals surface area contributed by atoms with Crippen molar-refractivity contribution in [3.8, 4) is 0 Å². The molecule has 0 aliphatic carbocycles. The third kappa shape index (κ3) is 4.82. The van der Waals surface area contributed by atoms with E-state index < -0.39 is 0 Å².